The summed E-state index contributed by atoms with van der Waals surface area (Å²) in [6, 6.07) is 8.15. The Kier molecular flexibility index (Phi) is 3.76. The molecule has 96 valence electrons. The lowest BCUT2D eigenvalue weighted by molar-refractivity contribution is 0.541. The summed E-state index contributed by atoms with van der Waals surface area (Å²) in [7, 11) is 0. The van der Waals surface area contributed by atoms with Gasteiger partial charge in [0.1, 0.15) is 5.82 Å². The molecule has 0 aromatic carbocycles. The predicted molar refractivity (Wildman–Crippen MR) is 79.0 cm³/mol. The average Bonchev–Trinajstić information content (AvgIpc) is 2.85. The predicted octanol–water partition coefficient (Wildman–Crippen LogP) is 3.87. The third kappa shape index (κ3) is 2.93. The molecule has 0 aliphatic heterocycles. The summed E-state index contributed by atoms with van der Waals surface area (Å²) < 4.78 is 1.04. The lowest BCUT2D eigenvalue weighted by Gasteiger charge is -2.24. The van der Waals surface area contributed by atoms with E-state index in [1.807, 2.05) is 31.3 Å². The zero-order valence-electron chi connectivity index (χ0n) is 10.9. The Bertz CT molecular complexity index is 518. The minimum Gasteiger partial charge on any atom is -0.369 e. The fourth-order valence-corrected chi connectivity index (χ4v) is 2.02. The SMILES string of the molecule is Cc1nc(NCC(C)(C)c2ccc[nH]2)ccc1Br. The van der Waals surface area contributed by atoms with E-state index >= 15 is 0 Å². The highest BCUT2D eigenvalue weighted by Crippen LogP contribution is 2.22. The molecule has 2 rings (SSSR count). The summed E-state index contributed by atoms with van der Waals surface area (Å²) in [5.74, 6) is 0.912. The van der Waals surface area contributed by atoms with Crippen molar-refractivity contribution < 1.29 is 0 Å². The summed E-state index contributed by atoms with van der Waals surface area (Å²) in [5, 5.41) is 3.39. The zero-order valence-corrected chi connectivity index (χ0v) is 12.5. The van der Waals surface area contributed by atoms with Gasteiger partial charge in [-0.2, -0.15) is 0 Å². The molecule has 0 saturated carbocycles. The maximum Gasteiger partial charge on any atom is 0.126 e. The van der Waals surface area contributed by atoms with E-state index < -0.39 is 0 Å². The molecule has 0 unspecified atom stereocenters. The quantitative estimate of drug-likeness (QED) is 0.900. The summed E-state index contributed by atoms with van der Waals surface area (Å²) in [5.41, 5.74) is 2.27. The first-order valence-corrected chi connectivity index (χ1v) is 6.79. The van der Waals surface area contributed by atoms with Crippen LogP contribution in [0.2, 0.25) is 0 Å². The molecular weight excluding hydrogens is 290 g/mol. The number of nitrogens with one attached hydrogen (secondary N) is 2. The normalized spacial score (nSPS) is 11.6. The minimum atomic E-state index is 0.0478. The first-order valence-electron chi connectivity index (χ1n) is 6.00. The summed E-state index contributed by atoms with van der Waals surface area (Å²) in [4.78, 5) is 7.76. The first-order chi connectivity index (χ1) is 8.49. The van der Waals surface area contributed by atoms with Crippen LogP contribution in [-0.2, 0) is 5.41 Å². The van der Waals surface area contributed by atoms with Gasteiger partial charge in [-0.3, -0.25) is 0 Å². The molecule has 2 N–H and O–H groups in total. The fourth-order valence-electron chi connectivity index (χ4n) is 1.80. The van der Waals surface area contributed by atoms with Crippen molar-refractivity contribution in [3.8, 4) is 0 Å². The van der Waals surface area contributed by atoms with Crippen LogP contribution in [0.5, 0.6) is 0 Å². The van der Waals surface area contributed by atoms with E-state index in [9.17, 15) is 0 Å². The van der Waals surface area contributed by atoms with E-state index in [0.717, 1.165) is 22.5 Å². The Morgan fingerprint density at radius 1 is 1.33 bits per heavy atom. The molecule has 18 heavy (non-hydrogen) atoms. The molecule has 0 fully saturated rings. The van der Waals surface area contributed by atoms with Gasteiger partial charge in [-0.15, -0.1) is 0 Å². The van der Waals surface area contributed by atoms with Crippen molar-refractivity contribution in [2.24, 2.45) is 0 Å². The molecule has 0 bridgehead atoms. The minimum absolute atomic E-state index is 0.0478. The van der Waals surface area contributed by atoms with Gasteiger partial charge < -0.3 is 10.3 Å². The monoisotopic (exact) mass is 307 g/mol. The molecule has 2 heterocycles. The Morgan fingerprint density at radius 2 is 2.11 bits per heavy atom. The Labute approximate surface area is 116 Å². The zero-order chi connectivity index (χ0) is 13.2. The van der Waals surface area contributed by atoms with E-state index in [4.69, 9.17) is 0 Å². The second-order valence-corrected chi connectivity index (χ2v) is 5.94. The van der Waals surface area contributed by atoms with Crippen LogP contribution in [0.15, 0.2) is 34.9 Å². The molecule has 0 spiro atoms. The Morgan fingerprint density at radius 3 is 2.72 bits per heavy atom. The van der Waals surface area contributed by atoms with E-state index in [1.165, 1.54) is 5.69 Å². The largest absolute Gasteiger partial charge is 0.369 e. The highest BCUT2D eigenvalue weighted by molar-refractivity contribution is 9.10. The van der Waals surface area contributed by atoms with Gasteiger partial charge in [0.25, 0.3) is 0 Å². The summed E-state index contributed by atoms with van der Waals surface area (Å²) in [6.07, 6.45) is 1.96. The second-order valence-electron chi connectivity index (χ2n) is 5.08. The molecule has 0 aliphatic carbocycles. The Balaban J connectivity index is 2.05. The molecule has 0 saturated heterocycles. The first kappa shape index (κ1) is 13.1. The number of hydrogen-bond donors (Lipinski definition) is 2. The third-order valence-electron chi connectivity index (χ3n) is 3.06. The molecular formula is C14H18BrN3. The standard InChI is InChI=1S/C14H18BrN3/c1-10-11(15)6-7-13(18-10)17-9-14(2,3)12-5-4-8-16-12/h4-8,16H,9H2,1-3H3,(H,17,18). The number of aromatic nitrogens is 2. The van der Waals surface area contributed by atoms with Crippen molar-refractivity contribution in [2.75, 3.05) is 11.9 Å². The van der Waals surface area contributed by atoms with Crippen LogP contribution in [0, 0.1) is 6.92 Å². The number of halogens is 1. The smallest absolute Gasteiger partial charge is 0.126 e. The van der Waals surface area contributed by atoms with Crippen LogP contribution >= 0.6 is 15.9 Å². The molecule has 0 aliphatic rings. The summed E-state index contributed by atoms with van der Waals surface area (Å²) >= 11 is 3.46. The number of nitrogens with zero attached hydrogens (tertiary/aromatic N) is 1. The Hall–Kier alpha value is -1.29. The van der Waals surface area contributed by atoms with Crippen LogP contribution in [0.1, 0.15) is 25.2 Å². The number of anilines is 1. The lowest BCUT2D eigenvalue weighted by Crippen LogP contribution is -2.28. The number of aryl methyl sites for hydroxylation is 1. The molecule has 2 aromatic heterocycles. The molecule has 3 nitrogen and oxygen atoms in total. The number of hydrogen-bond acceptors (Lipinski definition) is 2. The number of rotatable bonds is 4. The van der Waals surface area contributed by atoms with Gasteiger partial charge in [-0.25, -0.2) is 4.98 Å². The van der Waals surface area contributed by atoms with E-state index in [0.29, 0.717) is 0 Å². The molecule has 4 heteroatoms. The topological polar surface area (TPSA) is 40.7 Å². The van der Waals surface area contributed by atoms with Crippen molar-refractivity contribution in [1.82, 2.24) is 9.97 Å². The highest BCUT2D eigenvalue weighted by atomic mass is 79.9. The molecule has 2 aromatic rings. The van der Waals surface area contributed by atoms with Crippen molar-refractivity contribution >= 4 is 21.7 Å². The van der Waals surface area contributed by atoms with Crippen molar-refractivity contribution in [2.45, 2.75) is 26.2 Å². The van der Waals surface area contributed by atoms with Crippen molar-refractivity contribution in [1.29, 1.82) is 0 Å². The van der Waals surface area contributed by atoms with Gasteiger partial charge in [-0.1, -0.05) is 13.8 Å². The molecule has 0 radical (unpaired) electrons. The van der Waals surface area contributed by atoms with Crippen LogP contribution in [-0.4, -0.2) is 16.5 Å². The number of H-pyrrole nitrogens is 1. The van der Waals surface area contributed by atoms with E-state index in [-0.39, 0.29) is 5.41 Å². The van der Waals surface area contributed by atoms with Gasteiger partial charge in [0.05, 0.1) is 5.69 Å². The van der Waals surface area contributed by atoms with Crippen molar-refractivity contribution in [3.63, 3.8) is 0 Å². The van der Waals surface area contributed by atoms with Crippen LogP contribution in [0.25, 0.3) is 0 Å². The van der Waals surface area contributed by atoms with Crippen molar-refractivity contribution in [3.05, 3.63) is 46.3 Å². The molecule has 0 atom stereocenters. The van der Waals surface area contributed by atoms with Gasteiger partial charge >= 0.3 is 0 Å². The van der Waals surface area contributed by atoms with Crippen LogP contribution in [0.4, 0.5) is 5.82 Å². The number of pyridine rings is 1. The second kappa shape index (κ2) is 5.14. The maximum absolute atomic E-state index is 4.49. The lowest BCUT2D eigenvalue weighted by atomic mass is 9.89. The third-order valence-corrected chi connectivity index (χ3v) is 3.90. The maximum atomic E-state index is 4.49. The van der Waals surface area contributed by atoms with Gasteiger partial charge in [0.2, 0.25) is 0 Å². The van der Waals surface area contributed by atoms with Gasteiger partial charge in [0.15, 0.2) is 0 Å². The highest BCUT2D eigenvalue weighted by Gasteiger charge is 2.21. The van der Waals surface area contributed by atoms with Crippen LogP contribution < -0.4 is 5.32 Å². The average molecular weight is 308 g/mol. The fraction of sp³-hybridized carbons (Fsp3) is 0.357. The van der Waals surface area contributed by atoms with Crippen LogP contribution in [0.3, 0.4) is 0 Å². The summed E-state index contributed by atoms with van der Waals surface area (Å²) in [6.45, 7) is 7.24. The van der Waals surface area contributed by atoms with Gasteiger partial charge in [0, 0.05) is 28.3 Å². The molecule has 0 amide bonds. The van der Waals surface area contributed by atoms with E-state index in [2.05, 4.69) is 51.1 Å². The van der Waals surface area contributed by atoms with Gasteiger partial charge in [-0.05, 0) is 47.1 Å². The number of aromatic amines is 1. The van der Waals surface area contributed by atoms with E-state index in [1.54, 1.807) is 0 Å².